The van der Waals surface area contributed by atoms with E-state index in [9.17, 15) is 19.8 Å². The molecular weight excluding hydrogens is 464 g/mol. The van der Waals surface area contributed by atoms with Gasteiger partial charge in [-0.25, -0.2) is 15.0 Å². The molecule has 3 N–H and O–H groups in total. The third kappa shape index (κ3) is 18.5. The van der Waals surface area contributed by atoms with E-state index < -0.39 is 18.0 Å². The Balaban J connectivity index is 2.38. The molecule has 1 aliphatic rings. The molecule has 12 heteroatoms. The maximum Gasteiger partial charge on any atom is 0.336 e. The predicted octanol–water partition coefficient (Wildman–Crippen LogP) is 1.48. The first-order valence-electron chi connectivity index (χ1n) is 12.6. The second-order valence-corrected chi connectivity index (χ2v) is 8.04. The number of hydrogen-bond donors (Lipinski definition) is 3. The number of carboxylic acids is 2. The van der Waals surface area contributed by atoms with Gasteiger partial charge in [0, 0.05) is 66.0 Å². The van der Waals surface area contributed by atoms with Gasteiger partial charge in [-0.2, -0.15) is 0 Å². The minimum atomic E-state index is -1.88. The van der Waals surface area contributed by atoms with Crippen LogP contribution < -0.4 is 5.43 Å². The molecule has 0 spiro atoms. The molecule has 1 rings (SSSR count). The molecule has 0 aliphatic carbocycles. The Morgan fingerprint density at radius 1 is 0.543 bits per heavy atom. The van der Waals surface area contributed by atoms with Gasteiger partial charge in [0.1, 0.15) is 0 Å². The number of nitrogens with zero attached hydrogens (tertiary/aromatic N) is 1. The second kappa shape index (κ2) is 23.0. The van der Waals surface area contributed by atoms with E-state index in [1.807, 2.05) is 0 Å². The van der Waals surface area contributed by atoms with E-state index in [0.29, 0.717) is 52.7 Å². The van der Waals surface area contributed by atoms with Crippen LogP contribution in [0.3, 0.4) is 0 Å². The van der Waals surface area contributed by atoms with Gasteiger partial charge < -0.3 is 33.9 Å². The molecule has 0 unspecified atom stereocenters. The summed E-state index contributed by atoms with van der Waals surface area (Å²) in [6.45, 7) is 6.32. The van der Waals surface area contributed by atoms with Crippen molar-refractivity contribution < 1.29 is 48.3 Å². The van der Waals surface area contributed by atoms with Crippen LogP contribution in [0.1, 0.15) is 51.4 Å². The van der Waals surface area contributed by atoms with Crippen LogP contribution in [0, 0.1) is 0 Å². The van der Waals surface area contributed by atoms with Crippen molar-refractivity contribution in [2.45, 2.75) is 57.4 Å². The van der Waals surface area contributed by atoms with E-state index >= 15 is 0 Å². The first kappa shape index (κ1) is 31.6. The molecule has 0 aromatic rings. The summed E-state index contributed by atoms with van der Waals surface area (Å²) in [5, 5.41) is 19.3. The lowest BCUT2D eigenvalue weighted by Gasteiger charge is -2.25. The number of hydrogen-bond acceptors (Lipinski definition) is 10. The molecule has 0 atom stereocenters. The standard InChI is InChI=1S/C23H44N2O10/c26-22(27)21(23(28)29)25-24-9-20-34-15-6-5-13-32-17-7-16-31-12-3-1-10-30-11-2-4-14-33-18-8-19-35-25/h21,24H,1-20H2,(H,26,27)(H,28,29). The average Bonchev–Trinajstić information content (AvgIpc) is 2.82. The summed E-state index contributed by atoms with van der Waals surface area (Å²) in [5.41, 5.74) is 2.69. The minimum absolute atomic E-state index is 0.109. The highest BCUT2D eigenvalue weighted by Crippen LogP contribution is 2.02. The third-order valence-electron chi connectivity index (χ3n) is 4.94. The van der Waals surface area contributed by atoms with Crippen molar-refractivity contribution in [2.24, 2.45) is 0 Å². The van der Waals surface area contributed by atoms with Gasteiger partial charge in [-0.1, -0.05) is 5.17 Å². The Morgan fingerprint density at radius 3 is 1.29 bits per heavy atom. The summed E-state index contributed by atoms with van der Waals surface area (Å²) < 4.78 is 27.9. The van der Waals surface area contributed by atoms with E-state index in [1.165, 1.54) is 0 Å². The van der Waals surface area contributed by atoms with Gasteiger partial charge in [0.05, 0.1) is 13.2 Å². The summed E-state index contributed by atoms with van der Waals surface area (Å²) in [6.07, 6.45) is 6.79. The molecule has 0 aromatic heterocycles. The number of rotatable bonds is 3. The summed E-state index contributed by atoms with van der Waals surface area (Å²) in [6, 6.07) is -1.88. The number of hydrazine groups is 1. The van der Waals surface area contributed by atoms with Crippen LogP contribution in [0.15, 0.2) is 0 Å². The zero-order valence-electron chi connectivity index (χ0n) is 20.8. The van der Waals surface area contributed by atoms with Gasteiger partial charge in [-0.15, -0.1) is 0 Å². The SMILES string of the molecule is O=C(O)C(C(=O)O)N1NCCOCCCCOCCCOCCCCOCCCCOCCCO1. The monoisotopic (exact) mass is 508 g/mol. The first-order chi connectivity index (χ1) is 17.1. The van der Waals surface area contributed by atoms with Gasteiger partial charge in [-0.3, -0.25) is 4.84 Å². The highest BCUT2D eigenvalue weighted by molar-refractivity contribution is 5.96. The van der Waals surface area contributed by atoms with Crippen molar-refractivity contribution in [1.82, 2.24) is 10.6 Å². The molecule has 1 saturated heterocycles. The molecule has 0 radical (unpaired) electrons. The number of hydroxylamine groups is 1. The zero-order chi connectivity index (χ0) is 25.4. The number of ether oxygens (including phenoxy) is 5. The topological polar surface area (TPSA) is 145 Å². The van der Waals surface area contributed by atoms with E-state index in [2.05, 4.69) is 5.43 Å². The van der Waals surface area contributed by atoms with Crippen LogP contribution in [0.2, 0.25) is 0 Å². The van der Waals surface area contributed by atoms with Crippen molar-refractivity contribution in [3.63, 3.8) is 0 Å². The van der Waals surface area contributed by atoms with E-state index in [0.717, 1.165) is 63.3 Å². The van der Waals surface area contributed by atoms with E-state index in [-0.39, 0.29) is 19.8 Å². The fraction of sp³-hybridized carbons (Fsp3) is 0.913. The lowest BCUT2D eigenvalue weighted by Crippen LogP contribution is -2.54. The molecule has 35 heavy (non-hydrogen) atoms. The van der Waals surface area contributed by atoms with Crippen molar-refractivity contribution in [2.75, 3.05) is 79.2 Å². The Morgan fingerprint density at radius 2 is 0.886 bits per heavy atom. The molecule has 1 aliphatic heterocycles. The normalized spacial score (nSPS) is 22.1. The van der Waals surface area contributed by atoms with Crippen molar-refractivity contribution in [3.8, 4) is 0 Å². The summed E-state index contributed by atoms with van der Waals surface area (Å²) in [4.78, 5) is 28.1. The maximum absolute atomic E-state index is 11.4. The number of carboxylic acid groups (broad SMARTS) is 2. The average molecular weight is 509 g/mol. The van der Waals surface area contributed by atoms with Crippen molar-refractivity contribution in [1.29, 1.82) is 0 Å². The molecular formula is C23H44N2O10. The van der Waals surface area contributed by atoms with Crippen LogP contribution in [0.5, 0.6) is 0 Å². The van der Waals surface area contributed by atoms with Gasteiger partial charge >= 0.3 is 11.9 Å². The fourth-order valence-corrected chi connectivity index (χ4v) is 3.07. The minimum Gasteiger partial charge on any atom is -0.480 e. The van der Waals surface area contributed by atoms with Gasteiger partial charge in [0.15, 0.2) is 0 Å². The van der Waals surface area contributed by atoms with Crippen molar-refractivity contribution >= 4 is 11.9 Å². The highest BCUT2D eigenvalue weighted by atomic mass is 16.7. The molecule has 206 valence electrons. The first-order valence-corrected chi connectivity index (χ1v) is 12.6. The molecule has 0 bridgehead atoms. The lowest BCUT2D eigenvalue weighted by atomic mass is 10.3. The summed E-state index contributed by atoms with van der Waals surface area (Å²) in [5.74, 6) is -3.05. The Labute approximate surface area is 208 Å². The van der Waals surface area contributed by atoms with Crippen LogP contribution in [-0.4, -0.2) is 113 Å². The highest BCUT2D eigenvalue weighted by Gasteiger charge is 2.34. The molecule has 0 aromatic carbocycles. The number of aliphatic carboxylic acids is 2. The van der Waals surface area contributed by atoms with Crippen molar-refractivity contribution in [3.05, 3.63) is 0 Å². The molecule has 0 amide bonds. The van der Waals surface area contributed by atoms with E-state index in [4.69, 9.17) is 28.5 Å². The van der Waals surface area contributed by atoms with Crippen LogP contribution >= 0.6 is 0 Å². The Hall–Kier alpha value is -1.38. The summed E-state index contributed by atoms with van der Waals surface area (Å²) in [7, 11) is 0. The lowest BCUT2D eigenvalue weighted by molar-refractivity contribution is -0.232. The number of carbonyl (C=O) groups is 2. The fourth-order valence-electron chi connectivity index (χ4n) is 3.07. The zero-order valence-corrected chi connectivity index (χ0v) is 20.8. The Kier molecular flexibility index (Phi) is 20.8. The van der Waals surface area contributed by atoms with E-state index in [1.54, 1.807) is 0 Å². The molecule has 1 fully saturated rings. The summed E-state index contributed by atoms with van der Waals surface area (Å²) >= 11 is 0. The number of nitrogens with one attached hydrogen (secondary N) is 1. The quantitative estimate of drug-likeness (QED) is 0.475. The molecule has 12 nitrogen and oxygen atoms in total. The predicted molar refractivity (Wildman–Crippen MR) is 126 cm³/mol. The second-order valence-electron chi connectivity index (χ2n) is 8.04. The molecule has 0 saturated carbocycles. The molecule has 1 heterocycles. The van der Waals surface area contributed by atoms with Crippen LogP contribution in [-0.2, 0) is 38.1 Å². The van der Waals surface area contributed by atoms with Gasteiger partial charge in [0.25, 0.3) is 0 Å². The van der Waals surface area contributed by atoms with Crippen LogP contribution in [0.4, 0.5) is 0 Å². The maximum atomic E-state index is 11.4. The van der Waals surface area contributed by atoms with Gasteiger partial charge in [-0.05, 0) is 51.4 Å². The largest absolute Gasteiger partial charge is 0.480 e. The van der Waals surface area contributed by atoms with Gasteiger partial charge in [0.2, 0.25) is 6.04 Å². The smallest absolute Gasteiger partial charge is 0.336 e. The third-order valence-corrected chi connectivity index (χ3v) is 4.94. The Bertz CT molecular complexity index is 485. The van der Waals surface area contributed by atoms with Crippen LogP contribution in [0.25, 0.3) is 0 Å².